The Hall–Kier alpha value is -2.14. The van der Waals surface area contributed by atoms with E-state index >= 15 is 0 Å². The molecule has 2 aromatic rings. The van der Waals surface area contributed by atoms with E-state index in [0.29, 0.717) is 17.3 Å². The summed E-state index contributed by atoms with van der Waals surface area (Å²) in [6.45, 7) is 10.7. The zero-order valence-corrected chi connectivity index (χ0v) is 17.6. The number of furan rings is 1. The van der Waals surface area contributed by atoms with Gasteiger partial charge in [-0.1, -0.05) is 37.4 Å². The minimum Gasteiger partial charge on any atom is -0.450 e. The van der Waals surface area contributed by atoms with Gasteiger partial charge in [-0.05, 0) is 45.7 Å². The van der Waals surface area contributed by atoms with Crippen molar-refractivity contribution < 1.29 is 9.21 Å². The summed E-state index contributed by atoms with van der Waals surface area (Å²) < 4.78 is 6.22. The smallest absolute Gasteiger partial charge is 0.289 e. The third-order valence-corrected chi connectivity index (χ3v) is 6.34. The molecule has 1 spiro atoms. The molecule has 6 heteroatoms. The van der Waals surface area contributed by atoms with Crippen LogP contribution in [-0.2, 0) is 5.54 Å². The average molecular weight is 402 g/mol. The van der Waals surface area contributed by atoms with Crippen molar-refractivity contribution in [3.8, 4) is 0 Å². The van der Waals surface area contributed by atoms with E-state index in [1.54, 1.807) is 4.90 Å². The van der Waals surface area contributed by atoms with Crippen molar-refractivity contribution in [2.24, 2.45) is 0 Å². The average Bonchev–Trinajstić information content (AvgIpc) is 3.06. The zero-order chi connectivity index (χ0) is 20.1. The molecular weight excluding hydrogens is 374 g/mol. The van der Waals surface area contributed by atoms with Crippen molar-refractivity contribution in [2.75, 3.05) is 11.9 Å². The summed E-state index contributed by atoms with van der Waals surface area (Å²) in [5, 5.41) is 8.37. The number of nitrogens with one attached hydrogen (secondary N) is 2. The number of nitrogens with zero attached hydrogens (tertiary/aromatic N) is 1. The Morgan fingerprint density at radius 3 is 2.68 bits per heavy atom. The molecule has 0 unspecified atom stereocenters. The second-order valence-corrected chi connectivity index (χ2v) is 8.60. The van der Waals surface area contributed by atoms with Crippen LogP contribution < -0.4 is 10.6 Å². The van der Waals surface area contributed by atoms with Crippen molar-refractivity contribution in [2.45, 2.75) is 64.5 Å². The van der Waals surface area contributed by atoms with Crippen LogP contribution in [0.15, 0.2) is 28.9 Å². The predicted molar refractivity (Wildman–Crippen MR) is 114 cm³/mol. The molecular formula is C22H28ClN3O2. The lowest BCUT2D eigenvalue weighted by Crippen LogP contribution is -2.48. The van der Waals surface area contributed by atoms with E-state index in [-0.39, 0.29) is 17.5 Å². The predicted octanol–water partition coefficient (Wildman–Crippen LogP) is 5.60. The molecule has 0 bridgehead atoms. The number of hydrogen-bond donors (Lipinski definition) is 2. The van der Waals surface area contributed by atoms with Gasteiger partial charge in [0.2, 0.25) is 0 Å². The fraction of sp³-hybridized carbons (Fsp3) is 0.500. The van der Waals surface area contributed by atoms with Gasteiger partial charge in [0.05, 0.1) is 22.1 Å². The molecule has 1 aromatic carbocycles. The van der Waals surface area contributed by atoms with E-state index in [1.807, 2.05) is 32.9 Å². The Labute approximate surface area is 171 Å². The van der Waals surface area contributed by atoms with E-state index in [4.69, 9.17) is 16.0 Å². The molecule has 1 fully saturated rings. The summed E-state index contributed by atoms with van der Waals surface area (Å²) in [5.41, 5.74) is 2.38. The summed E-state index contributed by atoms with van der Waals surface area (Å²) in [4.78, 5) is 14.8. The van der Waals surface area contributed by atoms with Crippen LogP contribution in [0.25, 0.3) is 11.0 Å². The standard InChI is InChI=1S/C22H28ClN3O2/c1-5-26(13(2)3)21(27)17-12-15-11-16(23)19-18(20(15)28-17)22(25-14(4)24-19)9-7-6-8-10-22/h11-13,24-25H,4-10H2,1-3H3. The second kappa shape index (κ2) is 7.03. The van der Waals surface area contributed by atoms with E-state index in [2.05, 4.69) is 17.2 Å². The van der Waals surface area contributed by atoms with Crippen LogP contribution in [0.4, 0.5) is 5.69 Å². The highest BCUT2D eigenvalue weighted by molar-refractivity contribution is 6.34. The molecule has 0 saturated heterocycles. The minimum absolute atomic E-state index is 0.0857. The van der Waals surface area contributed by atoms with Gasteiger partial charge in [0.25, 0.3) is 5.91 Å². The highest BCUT2D eigenvalue weighted by Gasteiger charge is 2.42. The van der Waals surface area contributed by atoms with Gasteiger partial charge in [-0.15, -0.1) is 0 Å². The Morgan fingerprint density at radius 1 is 1.32 bits per heavy atom. The van der Waals surface area contributed by atoms with Gasteiger partial charge >= 0.3 is 0 Å². The third-order valence-electron chi connectivity index (χ3n) is 6.05. The SMILES string of the molecule is C=C1Nc2c(Cl)cc3cc(C(=O)N(CC)C(C)C)oc3c2C2(CCCCC2)N1. The molecule has 150 valence electrons. The molecule has 1 saturated carbocycles. The lowest BCUT2D eigenvalue weighted by Gasteiger charge is -2.44. The van der Waals surface area contributed by atoms with Gasteiger partial charge in [-0.25, -0.2) is 0 Å². The van der Waals surface area contributed by atoms with Crippen LogP contribution in [0.1, 0.15) is 69.0 Å². The first-order valence-corrected chi connectivity index (χ1v) is 10.6. The van der Waals surface area contributed by atoms with Crippen molar-refractivity contribution in [1.29, 1.82) is 0 Å². The summed E-state index contributed by atoms with van der Waals surface area (Å²) in [5.74, 6) is 1.04. The van der Waals surface area contributed by atoms with E-state index in [1.165, 1.54) is 6.42 Å². The van der Waals surface area contributed by atoms with Crippen molar-refractivity contribution in [3.63, 3.8) is 0 Å². The summed E-state index contributed by atoms with van der Waals surface area (Å²) in [7, 11) is 0. The van der Waals surface area contributed by atoms with Crippen LogP contribution in [-0.4, -0.2) is 23.4 Å². The largest absolute Gasteiger partial charge is 0.450 e. The molecule has 1 amide bonds. The number of anilines is 1. The highest BCUT2D eigenvalue weighted by Crippen LogP contribution is 2.49. The Bertz CT molecular complexity index is 941. The molecule has 4 rings (SSSR count). The Balaban J connectivity index is 1.90. The minimum atomic E-state index is -0.250. The summed E-state index contributed by atoms with van der Waals surface area (Å²) >= 11 is 6.65. The van der Waals surface area contributed by atoms with E-state index < -0.39 is 0 Å². The lowest BCUT2D eigenvalue weighted by atomic mass is 9.74. The molecule has 28 heavy (non-hydrogen) atoms. The highest BCUT2D eigenvalue weighted by atomic mass is 35.5. The van der Waals surface area contributed by atoms with Crippen LogP contribution in [0.3, 0.4) is 0 Å². The number of carbonyl (C=O) groups excluding carboxylic acids is 1. The maximum Gasteiger partial charge on any atom is 0.289 e. The number of halogens is 1. The van der Waals surface area contributed by atoms with Gasteiger partial charge in [-0.2, -0.15) is 0 Å². The third kappa shape index (κ3) is 2.96. The summed E-state index contributed by atoms with van der Waals surface area (Å²) in [6.07, 6.45) is 5.49. The number of hydrogen-bond acceptors (Lipinski definition) is 4. The molecule has 1 aromatic heterocycles. The lowest BCUT2D eigenvalue weighted by molar-refractivity contribution is 0.0686. The molecule has 1 aliphatic carbocycles. The van der Waals surface area contributed by atoms with Gasteiger partial charge in [0.1, 0.15) is 5.58 Å². The van der Waals surface area contributed by atoms with Crippen LogP contribution in [0.2, 0.25) is 5.02 Å². The number of rotatable bonds is 3. The van der Waals surface area contributed by atoms with Gasteiger partial charge in [-0.3, -0.25) is 4.79 Å². The van der Waals surface area contributed by atoms with Crippen molar-refractivity contribution in [1.82, 2.24) is 10.2 Å². The number of carbonyl (C=O) groups is 1. The van der Waals surface area contributed by atoms with Crippen LogP contribution in [0.5, 0.6) is 0 Å². The normalized spacial score (nSPS) is 18.1. The first-order valence-electron chi connectivity index (χ1n) is 10.2. The topological polar surface area (TPSA) is 57.5 Å². The Kier molecular flexibility index (Phi) is 4.82. The zero-order valence-electron chi connectivity index (χ0n) is 16.8. The fourth-order valence-corrected chi connectivity index (χ4v) is 5.04. The van der Waals surface area contributed by atoms with E-state index in [9.17, 15) is 4.79 Å². The first-order chi connectivity index (χ1) is 13.4. The van der Waals surface area contributed by atoms with Gasteiger partial charge in [0, 0.05) is 23.5 Å². The molecule has 2 aliphatic rings. The van der Waals surface area contributed by atoms with Crippen LogP contribution in [0, 0.1) is 0 Å². The van der Waals surface area contributed by atoms with E-state index in [0.717, 1.165) is 53.7 Å². The molecule has 1 aliphatic heterocycles. The quantitative estimate of drug-likeness (QED) is 0.702. The van der Waals surface area contributed by atoms with Crippen LogP contribution >= 0.6 is 11.6 Å². The molecule has 0 radical (unpaired) electrons. The Morgan fingerprint density at radius 2 is 2.04 bits per heavy atom. The fourth-order valence-electron chi connectivity index (χ4n) is 4.78. The number of amides is 1. The molecule has 5 nitrogen and oxygen atoms in total. The maximum atomic E-state index is 13.0. The summed E-state index contributed by atoms with van der Waals surface area (Å²) in [6, 6.07) is 3.82. The molecule has 2 heterocycles. The second-order valence-electron chi connectivity index (χ2n) is 8.19. The number of benzene rings is 1. The molecule has 2 N–H and O–H groups in total. The van der Waals surface area contributed by atoms with Gasteiger partial charge in [0.15, 0.2) is 5.76 Å². The monoisotopic (exact) mass is 401 g/mol. The van der Waals surface area contributed by atoms with Crippen molar-refractivity contribution in [3.05, 3.63) is 40.9 Å². The number of fused-ring (bicyclic) bond motifs is 4. The molecule has 0 atom stereocenters. The first kappa shape index (κ1) is 19.2. The maximum absolute atomic E-state index is 13.0. The van der Waals surface area contributed by atoms with Crippen molar-refractivity contribution >= 4 is 34.2 Å². The van der Waals surface area contributed by atoms with Gasteiger partial charge < -0.3 is 20.0 Å².